The summed E-state index contributed by atoms with van der Waals surface area (Å²) in [5.41, 5.74) is 0.313. The van der Waals surface area contributed by atoms with Gasteiger partial charge in [0, 0.05) is 25.4 Å². The molecule has 7 nitrogen and oxygen atoms in total. The van der Waals surface area contributed by atoms with Gasteiger partial charge in [-0.3, -0.25) is 4.79 Å². The van der Waals surface area contributed by atoms with Crippen LogP contribution in [0.2, 0.25) is 0 Å². The Bertz CT molecular complexity index is 1380. The van der Waals surface area contributed by atoms with Crippen LogP contribution in [0.15, 0.2) is 47.8 Å². The van der Waals surface area contributed by atoms with Crippen molar-refractivity contribution in [2.45, 2.75) is 43.4 Å². The number of halogens is 4. The van der Waals surface area contributed by atoms with E-state index >= 15 is 0 Å². The summed E-state index contributed by atoms with van der Waals surface area (Å²) in [6.07, 6.45) is -3.06. The second kappa shape index (κ2) is 8.99. The zero-order valence-electron chi connectivity index (χ0n) is 18.7. The van der Waals surface area contributed by atoms with E-state index in [1.54, 1.807) is 18.2 Å². The number of hydrogen-bond acceptors (Lipinski definition) is 5. The number of fused-ring (bicyclic) bond motifs is 1. The normalized spacial score (nSPS) is 14.2. The maximum Gasteiger partial charge on any atom is 0.419 e. The number of carbonyl (C=O) groups excluding carboxylic acids is 1. The molecule has 0 spiro atoms. The van der Waals surface area contributed by atoms with Crippen molar-refractivity contribution < 1.29 is 35.5 Å². The molecule has 2 heterocycles. The molecule has 3 aromatic rings. The van der Waals surface area contributed by atoms with Crippen molar-refractivity contribution in [1.29, 1.82) is 0 Å². The zero-order chi connectivity index (χ0) is 25.5. The number of amides is 1. The lowest BCUT2D eigenvalue weighted by molar-refractivity contribution is -0.140. The number of rotatable bonds is 5. The van der Waals surface area contributed by atoms with Gasteiger partial charge in [-0.1, -0.05) is 6.07 Å². The van der Waals surface area contributed by atoms with Gasteiger partial charge in [0.05, 0.1) is 10.8 Å². The van der Waals surface area contributed by atoms with Gasteiger partial charge in [-0.05, 0) is 55.7 Å². The average molecular weight is 511 g/mol. The Morgan fingerprint density at radius 2 is 1.80 bits per heavy atom. The molecule has 0 fully saturated rings. The SMILES string of the molecule is CC(C)S(=O)(=O)c1nc(C(=O)N2CCc3cc(Oc4ccc(C(F)(F)F)c(F)c4)ccc3C2)c[nH]1. The van der Waals surface area contributed by atoms with Crippen molar-refractivity contribution in [2.24, 2.45) is 0 Å². The third-order valence-electron chi connectivity index (χ3n) is 5.62. The summed E-state index contributed by atoms with van der Waals surface area (Å²) in [5.74, 6) is -1.60. The van der Waals surface area contributed by atoms with Crippen molar-refractivity contribution in [3.05, 3.63) is 70.8 Å². The largest absolute Gasteiger partial charge is 0.457 e. The van der Waals surface area contributed by atoms with Crippen molar-refractivity contribution in [2.75, 3.05) is 6.54 Å². The molecule has 1 N–H and O–H groups in total. The number of ether oxygens (including phenoxy) is 1. The average Bonchev–Trinajstić information content (AvgIpc) is 3.28. The van der Waals surface area contributed by atoms with E-state index in [1.807, 2.05) is 0 Å². The van der Waals surface area contributed by atoms with E-state index in [4.69, 9.17) is 4.74 Å². The van der Waals surface area contributed by atoms with Crippen LogP contribution in [0, 0.1) is 5.82 Å². The van der Waals surface area contributed by atoms with Crippen LogP contribution in [0.4, 0.5) is 17.6 Å². The Hall–Kier alpha value is -3.41. The molecule has 1 amide bonds. The number of sulfone groups is 1. The smallest absolute Gasteiger partial charge is 0.419 e. The second-order valence-electron chi connectivity index (χ2n) is 8.33. The highest BCUT2D eigenvalue weighted by atomic mass is 32.2. The lowest BCUT2D eigenvalue weighted by atomic mass is 9.99. The topological polar surface area (TPSA) is 92.4 Å². The lowest BCUT2D eigenvalue weighted by Crippen LogP contribution is -2.36. The van der Waals surface area contributed by atoms with Crippen molar-refractivity contribution in [3.8, 4) is 11.5 Å². The summed E-state index contributed by atoms with van der Waals surface area (Å²) >= 11 is 0. The van der Waals surface area contributed by atoms with Crippen LogP contribution in [0.3, 0.4) is 0 Å². The predicted octanol–water partition coefficient (Wildman–Crippen LogP) is 4.74. The Labute approximate surface area is 198 Å². The first-order valence-electron chi connectivity index (χ1n) is 10.6. The number of nitrogens with zero attached hydrogens (tertiary/aromatic N) is 2. The van der Waals surface area contributed by atoms with E-state index in [0.29, 0.717) is 30.8 Å². The number of nitrogens with one attached hydrogen (secondary N) is 1. The standard InChI is InChI=1S/C23H21F4N3O4S/c1-13(2)35(32,33)22-28-11-20(29-22)21(31)30-8-7-14-9-16(4-3-15(14)12-30)34-17-5-6-18(19(24)10-17)23(25,26)27/h3-6,9-11,13H,7-8,12H2,1-2H3,(H,28,29). The van der Waals surface area contributed by atoms with Gasteiger partial charge < -0.3 is 14.6 Å². The van der Waals surface area contributed by atoms with Gasteiger partial charge >= 0.3 is 6.18 Å². The van der Waals surface area contributed by atoms with Crippen LogP contribution in [0.25, 0.3) is 0 Å². The highest BCUT2D eigenvalue weighted by molar-refractivity contribution is 7.91. The summed E-state index contributed by atoms with van der Waals surface area (Å²) in [5, 5.41) is -0.941. The quantitative estimate of drug-likeness (QED) is 0.500. The van der Waals surface area contributed by atoms with E-state index in [2.05, 4.69) is 9.97 Å². The minimum Gasteiger partial charge on any atom is -0.457 e. The minimum absolute atomic E-state index is 0.00282. The summed E-state index contributed by atoms with van der Waals surface area (Å²) in [4.78, 5) is 20.9. The fourth-order valence-corrected chi connectivity index (χ4v) is 4.53. The first kappa shape index (κ1) is 24.7. The lowest BCUT2D eigenvalue weighted by Gasteiger charge is -2.28. The maximum atomic E-state index is 13.8. The molecule has 4 rings (SSSR count). The van der Waals surface area contributed by atoms with Gasteiger partial charge in [0.2, 0.25) is 15.0 Å². The molecule has 12 heteroatoms. The number of imidazole rings is 1. The molecule has 1 aromatic heterocycles. The highest BCUT2D eigenvalue weighted by Gasteiger charge is 2.34. The summed E-state index contributed by atoms with van der Waals surface area (Å²) in [6, 6.07) is 7.33. The number of hydrogen-bond donors (Lipinski definition) is 1. The van der Waals surface area contributed by atoms with Crippen LogP contribution in [0.5, 0.6) is 11.5 Å². The van der Waals surface area contributed by atoms with Gasteiger partial charge in [0.25, 0.3) is 5.91 Å². The monoisotopic (exact) mass is 511 g/mol. The van der Waals surface area contributed by atoms with E-state index in [0.717, 1.165) is 17.2 Å². The summed E-state index contributed by atoms with van der Waals surface area (Å²) in [6.45, 7) is 3.63. The summed E-state index contributed by atoms with van der Waals surface area (Å²) < 4.78 is 82.0. The van der Waals surface area contributed by atoms with Crippen molar-refractivity contribution in [1.82, 2.24) is 14.9 Å². The maximum absolute atomic E-state index is 13.8. The Kier molecular flexibility index (Phi) is 6.34. The van der Waals surface area contributed by atoms with Gasteiger partial charge in [-0.15, -0.1) is 0 Å². The molecule has 0 unspecified atom stereocenters. The molecule has 0 atom stereocenters. The van der Waals surface area contributed by atoms with Crippen LogP contribution < -0.4 is 4.74 Å². The zero-order valence-corrected chi connectivity index (χ0v) is 19.5. The summed E-state index contributed by atoms with van der Waals surface area (Å²) in [7, 11) is -3.64. The number of carbonyl (C=O) groups is 1. The first-order valence-corrected chi connectivity index (χ1v) is 12.2. The number of aromatic amines is 1. The van der Waals surface area contributed by atoms with E-state index in [1.165, 1.54) is 24.9 Å². The number of benzene rings is 2. The Morgan fingerprint density at radius 1 is 1.11 bits per heavy atom. The first-order chi connectivity index (χ1) is 16.4. The van der Waals surface area contributed by atoms with Gasteiger partial charge in [-0.2, -0.15) is 13.2 Å². The number of alkyl halides is 3. The molecule has 0 saturated heterocycles. The molecule has 1 aliphatic heterocycles. The Balaban J connectivity index is 1.47. The molecule has 1 aliphatic rings. The van der Waals surface area contributed by atoms with E-state index < -0.39 is 38.6 Å². The molecule has 186 valence electrons. The van der Waals surface area contributed by atoms with Crippen molar-refractivity contribution in [3.63, 3.8) is 0 Å². The molecular formula is C23H21F4N3O4S. The predicted molar refractivity (Wildman–Crippen MR) is 117 cm³/mol. The van der Waals surface area contributed by atoms with Crippen LogP contribution in [-0.4, -0.2) is 41.0 Å². The van der Waals surface area contributed by atoms with Gasteiger partial charge in [-0.25, -0.2) is 17.8 Å². The molecule has 0 bridgehead atoms. The van der Waals surface area contributed by atoms with E-state index in [9.17, 15) is 30.8 Å². The number of H-pyrrole nitrogens is 1. The molecule has 0 aliphatic carbocycles. The third kappa shape index (κ3) is 5.02. The third-order valence-corrected chi connectivity index (χ3v) is 7.61. The van der Waals surface area contributed by atoms with E-state index in [-0.39, 0.29) is 23.1 Å². The molecular weight excluding hydrogens is 490 g/mol. The second-order valence-corrected chi connectivity index (χ2v) is 10.8. The molecule has 35 heavy (non-hydrogen) atoms. The molecule has 0 saturated carbocycles. The fourth-order valence-electron chi connectivity index (χ4n) is 3.64. The highest BCUT2D eigenvalue weighted by Crippen LogP contribution is 2.34. The van der Waals surface area contributed by atoms with Gasteiger partial charge in [0.1, 0.15) is 23.0 Å². The molecule has 2 aromatic carbocycles. The fraction of sp³-hybridized carbons (Fsp3) is 0.304. The van der Waals surface area contributed by atoms with Crippen LogP contribution >= 0.6 is 0 Å². The minimum atomic E-state index is -4.79. The van der Waals surface area contributed by atoms with Gasteiger partial charge in [0.15, 0.2) is 0 Å². The number of aromatic nitrogens is 2. The molecule has 0 radical (unpaired) electrons. The Morgan fingerprint density at radius 3 is 2.46 bits per heavy atom. The van der Waals surface area contributed by atoms with Crippen molar-refractivity contribution >= 4 is 15.7 Å². The van der Waals surface area contributed by atoms with Crippen LogP contribution in [0.1, 0.15) is 41.0 Å². The van der Waals surface area contributed by atoms with Crippen LogP contribution in [-0.2, 0) is 29.0 Å².